The van der Waals surface area contributed by atoms with E-state index in [0.29, 0.717) is 13.1 Å². The van der Waals surface area contributed by atoms with E-state index in [1.807, 2.05) is 37.3 Å². The van der Waals surface area contributed by atoms with E-state index in [2.05, 4.69) is 4.90 Å². The molecule has 100 valence electrons. The summed E-state index contributed by atoms with van der Waals surface area (Å²) in [6.07, 6.45) is 0. The molecule has 0 bridgehead atoms. The Bertz CT molecular complexity index is 353. The summed E-state index contributed by atoms with van der Waals surface area (Å²) in [6, 6.07) is 10.0. The second-order valence-electron chi connectivity index (χ2n) is 4.37. The lowest BCUT2D eigenvalue weighted by atomic mass is 10.1. The van der Waals surface area contributed by atoms with Crippen molar-refractivity contribution in [2.75, 3.05) is 26.8 Å². The summed E-state index contributed by atoms with van der Waals surface area (Å²) in [5, 5.41) is 9.07. The third kappa shape index (κ3) is 4.85. The van der Waals surface area contributed by atoms with Gasteiger partial charge in [-0.3, -0.25) is 9.69 Å². The Morgan fingerprint density at radius 1 is 1.39 bits per heavy atom. The Kier molecular flexibility index (Phi) is 6.39. The molecule has 4 nitrogen and oxygen atoms in total. The van der Waals surface area contributed by atoms with Crippen molar-refractivity contribution < 1.29 is 14.6 Å². The normalized spacial score (nSPS) is 12.4. The number of aliphatic hydroxyl groups excluding tert-OH is 1. The van der Waals surface area contributed by atoms with Crippen molar-refractivity contribution in [3.05, 3.63) is 35.9 Å². The van der Waals surface area contributed by atoms with Crippen LogP contribution >= 0.6 is 0 Å². The van der Waals surface area contributed by atoms with Gasteiger partial charge < -0.3 is 9.84 Å². The quantitative estimate of drug-likeness (QED) is 0.742. The Morgan fingerprint density at radius 3 is 2.61 bits per heavy atom. The highest BCUT2D eigenvalue weighted by molar-refractivity contribution is 5.72. The summed E-state index contributed by atoms with van der Waals surface area (Å²) in [7, 11) is 1.40. The molecule has 1 aromatic carbocycles. The van der Waals surface area contributed by atoms with E-state index in [4.69, 9.17) is 9.84 Å². The van der Waals surface area contributed by atoms with Crippen molar-refractivity contribution in [3.8, 4) is 0 Å². The fraction of sp³-hybridized carbons (Fsp3) is 0.500. The molecule has 0 saturated heterocycles. The SMILES string of the molecule is COC(=O)[C@@H](C)CN(CCO)Cc1ccccc1. The Balaban J connectivity index is 2.57. The number of methoxy groups -OCH3 is 1. The maximum Gasteiger partial charge on any atom is 0.309 e. The molecule has 4 heteroatoms. The molecule has 1 atom stereocenters. The van der Waals surface area contributed by atoms with E-state index < -0.39 is 0 Å². The fourth-order valence-electron chi connectivity index (χ4n) is 1.88. The monoisotopic (exact) mass is 251 g/mol. The molecule has 1 rings (SSSR count). The van der Waals surface area contributed by atoms with Gasteiger partial charge in [-0.2, -0.15) is 0 Å². The molecule has 1 aromatic rings. The minimum Gasteiger partial charge on any atom is -0.469 e. The molecule has 0 aliphatic carbocycles. The van der Waals surface area contributed by atoms with E-state index in [9.17, 15) is 4.79 Å². The molecule has 0 aromatic heterocycles. The van der Waals surface area contributed by atoms with Gasteiger partial charge in [0.25, 0.3) is 0 Å². The molecule has 0 aliphatic heterocycles. The van der Waals surface area contributed by atoms with E-state index in [-0.39, 0.29) is 18.5 Å². The number of rotatable bonds is 7. The second kappa shape index (κ2) is 7.84. The topological polar surface area (TPSA) is 49.8 Å². The Morgan fingerprint density at radius 2 is 2.06 bits per heavy atom. The minimum atomic E-state index is -0.217. The highest BCUT2D eigenvalue weighted by Gasteiger charge is 2.17. The van der Waals surface area contributed by atoms with Crippen LogP contribution < -0.4 is 0 Å². The third-order valence-electron chi connectivity index (χ3n) is 2.80. The number of carbonyl (C=O) groups excluding carboxylic acids is 1. The zero-order chi connectivity index (χ0) is 13.4. The van der Waals surface area contributed by atoms with E-state index in [0.717, 1.165) is 6.54 Å². The Hall–Kier alpha value is -1.39. The van der Waals surface area contributed by atoms with Gasteiger partial charge in [0.05, 0.1) is 19.6 Å². The van der Waals surface area contributed by atoms with Gasteiger partial charge in [-0.05, 0) is 5.56 Å². The van der Waals surface area contributed by atoms with Crippen molar-refractivity contribution in [2.45, 2.75) is 13.5 Å². The number of benzene rings is 1. The van der Waals surface area contributed by atoms with Crippen LogP contribution in [0, 0.1) is 5.92 Å². The van der Waals surface area contributed by atoms with Crippen molar-refractivity contribution in [3.63, 3.8) is 0 Å². The predicted octanol–water partition coefficient (Wildman–Crippen LogP) is 1.29. The summed E-state index contributed by atoms with van der Waals surface area (Å²) in [6.45, 7) is 3.78. The average Bonchev–Trinajstić information content (AvgIpc) is 2.39. The maximum atomic E-state index is 11.4. The van der Waals surface area contributed by atoms with Gasteiger partial charge in [-0.25, -0.2) is 0 Å². The van der Waals surface area contributed by atoms with Crippen LogP contribution in [0.15, 0.2) is 30.3 Å². The summed E-state index contributed by atoms with van der Waals surface area (Å²) >= 11 is 0. The zero-order valence-electron chi connectivity index (χ0n) is 11.0. The van der Waals surface area contributed by atoms with Crippen molar-refractivity contribution in [1.82, 2.24) is 4.90 Å². The summed E-state index contributed by atoms with van der Waals surface area (Å²) in [5.74, 6) is -0.406. The smallest absolute Gasteiger partial charge is 0.309 e. The van der Waals surface area contributed by atoms with E-state index in [1.165, 1.54) is 12.7 Å². The minimum absolute atomic E-state index is 0.0841. The van der Waals surface area contributed by atoms with Crippen molar-refractivity contribution in [1.29, 1.82) is 0 Å². The molecular formula is C14H21NO3. The molecule has 0 heterocycles. The van der Waals surface area contributed by atoms with Crippen LogP contribution in [0.1, 0.15) is 12.5 Å². The molecule has 0 radical (unpaired) electrons. The lowest BCUT2D eigenvalue weighted by molar-refractivity contribution is -0.145. The number of nitrogens with zero attached hydrogens (tertiary/aromatic N) is 1. The summed E-state index contributed by atoms with van der Waals surface area (Å²) in [4.78, 5) is 13.4. The van der Waals surface area contributed by atoms with Crippen LogP contribution in [0.2, 0.25) is 0 Å². The molecule has 0 spiro atoms. The molecule has 0 fully saturated rings. The van der Waals surface area contributed by atoms with Gasteiger partial charge in [0.1, 0.15) is 0 Å². The highest BCUT2D eigenvalue weighted by Crippen LogP contribution is 2.08. The average molecular weight is 251 g/mol. The number of hydrogen-bond donors (Lipinski definition) is 1. The fourth-order valence-corrected chi connectivity index (χ4v) is 1.88. The van der Waals surface area contributed by atoms with E-state index in [1.54, 1.807) is 0 Å². The highest BCUT2D eigenvalue weighted by atomic mass is 16.5. The van der Waals surface area contributed by atoms with Gasteiger partial charge in [0.2, 0.25) is 0 Å². The van der Waals surface area contributed by atoms with Gasteiger partial charge in [-0.1, -0.05) is 37.3 Å². The first-order chi connectivity index (χ1) is 8.67. The first kappa shape index (κ1) is 14.7. The van der Waals surface area contributed by atoms with E-state index >= 15 is 0 Å². The lowest BCUT2D eigenvalue weighted by Gasteiger charge is -2.23. The molecular weight excluding hydrogens is 230 g/mol. The molecule has 1 N–H and O–H groups in total. The largest absolute Gasteiger partial charge is 0.469 e. The number of esters is 1. The molecule has 0 unspecified atom stereocenters. The molecule has 0 amide bonds. The molecule has 0 aliphatic rings. The van der Waals surface area contributed by atoms with Crippen molar-refractivity contribution in [2.24, 2.45) is 5.92 Å². The van der Waals surface area contributed by atoms with Gasteiger partial charge in [0.15, 0.2) is 0 Å². The summed E-state index contributed by atoms with van der Waals surface area (Å²) < 4.78 is 4.71. The number of hydrogen-bond acceptors (Lipinski definition) is 4. The standard InChI is InChI=1S/C14H21NO3/c1-12(14(17)18-2)10-15(8-9-16)11-13-6-4-3-5-7-13/h3-7,12,16H,8-11H2,1-2H3/t12-/m0/s1. The number of aliphatic hydroxyl groups is 1. The van der Waals surface area contributed by atoms with Crippen LogP contribution in [-0.4, -0.2) is 42.8 Å². The second-order valence-corrected chi connectivity index (χ2v) is 4.37. The van der Waals surface area contributed by atoms with Gasteiger partial charge in [-0.15, -0.1) is 0 Å². The molecule has 18 heavy (non-hydrogen) atoms. The predicted molar refractivity (Wildman–Crippen MR) is 70.0 cm³/mol. The number of ether oxygens (including phenoxy) is 1. The van der Waals surface area contributed by atoms with Crippen LogP contribution in [-0.2, 0) is 16.1 Å². The Labute approximate surface area is 108 Å². The maximum absolute atomic E-state index is 11.4. The van der Waals surface area contributed by atoms with Crippen molar-refractivity contribution >= 4 is 5.97 Å². The first-order valence-corrected chi connectivity index (χ1v) is 6.12. The third-order valence-corrected chi connectivity index (χ3v) is 2.80. The van der Waals surface area contributed by atoms with Crippen LogP contribution in [0.3, 0.4) is 0 Å². The molecule has 0 saturated carbocycles. The number of carbonyl (C=O) groups is 1. The van der Waals surface area contributed by atoms with Crippen LogP contribution in [0.25, 0.3) is 0 Å². The van der Waals surface area contributed by atoms with Crippen LogP contribution in [0.4, 0.5) is 0 Å². The first-order valence-electron chi connectivity index (χ1n) is 6.12. The zero-order valence-corrected chi connectivity index (χ0v) is 11.0. The van der Waals surface area contributed by atoms with Crippen LogP contribution in [0.5, 0.6) is 0 Å². The summed E-state index contributed by atoms with van der Waals surface area (Å²) in [5.41, 5.74) is 1.17. The van der Waals surface area contributed by atoms with Gasteiger partial charge >= 0.3 is 5.97 Å². The van der Waals surface area contributed by atoms with Gasteiger partial charge in [0, 0.05) is 19.6 Å². The lowest BCUT2D eigenvalue weighted by Crippen LogP contribution is -2.34.